The van der Waals surface area contributed by atoms with Crippen LogP contribution in [0, 0.1) is 6.92 Å². The van der Waals surface area contributed by atoms with E-state index in [-0.39, 0.29) is 6.61 Å². The van der Waals surface area contributed by atoms with Gasteiger partial charge >= 0.3 is 0 Å². The van der Waals surface area contributed by atoms with Crippen molar-refractivity contribution in [3.8, 4) is 0 Å². The number of carbonyl (C=O) groups is 1. The van der Waals surface area contributed by atoms with Crippen LogP contribution >= 0.6 is 0 Å². The maximum Gasteiger partial charge on any atom is 0.150 e. The van der Waals surface area contributed by atoms with Gasteiger partial charge in [-0.05, 0) is 43.5 Å². The standard InChI is InChI=1S/C15H21NO2/c1-12-10-13(11-18)6-7-15(12)16(8-9-17)14-4-2-3-5-14/h6-7,10-11,14,17H,2-5,8-9H2,1H3. The SMILES string of the molecule is Cc1cc(C=O)ccc1N(CCO)C1CCCC1. The van der Waals surface area contributed by atoms with Crippen molar-refractivity contribution in [1.82, 2.24) is 0 Å². The summed E-state index contributed by atoms with van der Waals surface area (Å²) >= 11 is 0. The summed E-state index contributed by atoms with van der Waals surface area (Å²) in [5.41, 5.74) is 2.98. The molecule has 3 nitrogen and oxygen atoms in total. The van der Waals surface area contributed by atoms with Gasteiger partial charge in [-0.1, -0.05) is 12.8 Å². The van der Waals surface area contributed by atoms with E-state index in [0.29, 0.717) is 18.2 Å². The molecule has 1 aliphatic rings. The van der Waals surface area contributed by atoms with Crippen molar-refractivity contribution in [2.24, 2.45) is 0 Å². The third-order valence-electron chi connectivity index (χ3n) is 3.77. The van der Waals surface area contributed by atoms with Crippen molar-refractivity contribution in [3.63, 3.8) is 0 Å². The number of carbonyl (C=O) groups excluding carboxylic acids is 1. The molecule has 98 valence electrons. The topological polar surface area (TPSA) is 40.5 Å². The quantitative estimate of drug-likeness (QED) is 0.813. The van der Waals surface area contributed by atoms with Gasteiger partial charge in [0.05, 0.1) is 6.61 Å². The number of aliphatic hydroxyl groups is 1. The average molecular weight is 247 g/mol. The minimum atomic E-state index is 0.172. The molecule has 1 saturated carbocycles. The zero-order chi connectivity index (χ0) is 13.0. The van der Waals surface area contributed by atoms with Crippen LogP contribution in [0.15, 0.2) is 18.2 Å². The number of aryl methyl sites for hydroxylation is 1. The molecule has 18 heavy (non-hydrogen) atoms. The molecule has 2 rings (SSSR count). The average Bonchev–Trinajstić information content (AvgIpc) is 2.90. The Hall–Kier alpha value is -1.35. The number of anilines is 1. The Balaban J connectivity index is 2.26. The third-order valence-corrected chi connectivity index (χ3v) is 3.77. The number of benzene rings is 1. The molecule has 0 atom stereocenters. The summed E-state index contributed by atoms with van der Waals surface area (Å²) in [4.78, 5) is 13.1. The van der Waals surface area contributed by atoms with Crippen LogP contribution in [-0.4, -0.2) is 30.6 Å². The van der Waals surface area contributed by atoms with Gasteiger partial charge in [0.15, 0.2) is 0 Å². The summed E-state index contributed by atoms with van der Waals surface area (Å²) in [5.74, 6) is 0. The van der Waals surface area contributed by atoms with E-state index in [0.717, 1.165) is 17.5 Å². The fraction of sp³-hybridized carbons (Fsp3) is 0.533. The maximum absolute atomic E-state index is 10.8. The molecular formula is C15H21NO2. The van der Waals surface area contributed by atoms with Gasteiger partial charge in [-0.25, -0.2) is 0 Å². The van der Waals surface area contributed by atoms with E-state index in [1.54, 1.807) is 0 Å². The predicted molar refractivity (Wildman–Crippen MR) is 73.3 cm³/mol. The molecule has 1 N–H and O–H groups in total. The molecule has 1 fully saturated rings. The highest BCUT2D eigenvalue weighted by atomic mass is 16.3. The Morgan fingerprint density at radius 1 is 1.39 bits per heavy atom. The molecule has 0 spiro atoms. The van der Waals surface area contributed by atoms with Crippen molar-refractivity contribution >= 4 is 12.0 Å². The normalized spacial score (nSPS) is 15.9. The highest BCUT2D eigenvalue weighted by Crippen LogP contribution is 2.30. The van der Waals surface area contributed by atoms with Crippen molar-refractivity contribution < 1.29 is 9.90 Å². The van der Waals surface area contributed by atoms with E-state index >= 15 is 0 Å². The summed E-state index contributed by atoms with van der Waals surface area (Å²) in [7, 11) is 0. The molecule has 0 saturated heterocycles. The van der Waals surface area contributed by atoms with Crippen molar-refractivity contribution in [2.75, 3.05) is 18.1 Å². The number of rotatable bonds is 5. The molecule has 1 aromatic carbocycles. The second kappa shape index (κ2) is 6.01. The summed E-state index contributed by atoms with van der Waals surface area (Å²) < 4.78 is 0. The molecule has 0 radical (unpaired) electrons. The summed E-state index contributed by atoms with van der Waals surface area (Å²) in [6.07, 6.45) is 5.84. The van der Waals surface area contributed by atoms with E-state index in [4.69, 9.17) is 0 Å². The first-order chi connectivity index (χ1) is 8.76. The van der Waals surface area contributed by atoms with Crippen molar-refractivity contribution in [3.05, 3.63) is 29.3 Å². The van der Waals surface area contributed by atoms with Gasteiger partial charge in [0.2, 0.25) is 0 Å². The molecule has 3 heteroatoms. The van der Waals surface area contributed by atoms with Gasteiger partial charge in [-0.3, -0.25) is 4.79 Å². The van der Waals surface area contributed by atoms with Gasteiger partial charge in [-0.15, -0.1) is 0 Å². The summed E-state index contributed by atoms with van der Waals surface area (Å²) in [6.45, 7) is 2.87. The number of aliphatic hydroxyl groups excluding tert-OH is 1. The first-order valence-corrected chi connectivity index (χ1v) is 6.69. The van der Waals surface area contributed by atoms with Gasteiger partial charge in [0.25, 0.3) is 0 Å². The lowest BCUT2D eigenvalue weighted by Gasteiger charge is -2.32. The van der Waals surface area contributed by atoms with Gasteiger partial charge < -0.3 is 10.0 Å². The molecule has 0 amide bonds. The van der Waals surface area contributed by atoms with Crippen LogP contribution in [0.3, 0.4) is 0 Å². The Labute approximate surface area is 108 Å². The van der Waals surface area contributed by atoms with Crippen LogP contribution in [0.5, 0.6) is 0 Å². The van der Waals surface area contributed by atoms with E-state index in [1.165, 1.54) is 25.7 Å². The molecule has 1 aliphatic carbocycles. The Morgan fingerprint density at radius 3 is 2.67 bits per heavy atom. The number of hydrogen-bond donors (Lipinski definition) is 1. The number of hydrogen-bond acceptors (Lipinski definition) is 3. The fourth-order valence-corrected chi connectivity index (χ4v) is 2.90. The molecule has 0 bridgehead atoms. The number of nitrogens with zero attached hydrogens (tertiary/aromatic N) is 1. The first-order valence-electron chi connectivity index (χ1n) is 6.69. The highest BCUT2D eigenvalue weighted by Gasteiger charge is 2.23. The fourth-order valence-electron chi connectivity index (χ4n) is 2.90. The summed E-state index contributed by atoms with van der Waals surface area (Å²) in [6, 6.07) is 6.32. The largest absolute Gasteiger partial charge is 0.395 e. The molecule has 0 unspecified atom stereocenters. The van der Waals surface area contributed by atoms with Gasteiger partial charge in [-0.2, -0.15) is 0 Å². The van der Waals surface area contributed by atoms with Gasteiger partial charge in [0.1, 0.15) is 6.29 Å². The van der Waals surface area contributed by atoms with Crippen LogP contribution < -0.4 is 4.90 Å². The van der Waals surface area contributed by atoms with Crippen LogP contribution in [-0.2, 0) is 0 Å². The van der Waals surface area contributed by atoms with Crippen LogP contribution in [0.1, 0.15) is 41.6 Å². The van der Waals surface area contributed by atoms with Crippen LogP contribution in [0.25, 0.3) is 0 Å². The molecule has 1 aromatic rings. The Kier molecular flexibility index (Phi) is 4.37. The molecule has 0 heterocycles. The second-order valence-electron chi connectivity index (χ2n) is 5.02. The second-order valence-corrected chi connectivity index (χ2v) is 5.02. The van der Waals surface area contributed by atoms with E-state index in [2.05, 4.69) is 4.90 Å². The Bertz CT molecular complexity index is 411. The molecule has 0 aromatic heterocycles. The smallest absolute Gasteiger partial charge is 0.150 e. The maximum atomic E-state index is 10.8. The Morgan fingerprint density at radius 2 is 2.11 bits per heavy atom. The molecule has 0 aliphatic heterocycles. The molecular weight excluding hydrogens is 226 g/mol. The lowest BCUT2D eigenvalue weighted by Crippen LogP contribution is -2.36. The summed E-state index contributed by atoms with van der Waals surface area (Å²) in [5, 5.41) is 9.25. The zero-order valence-electron chi connectivity index (χ0n) is 10.9. The van der Waals surface area contributed by atoms with E-state index in [1.807, 2.05) is 25.1 Å². The lowest BCUT2D eigenvalue weighted by molar-refractivity contribution is 0.112. The van der Waals surface area contributed by atoms with E-state index < -0.39 is 0 Å². The zero-order valence-corrected chi connectivity index (χ0v) is 10.9. The monoisotopic (exact) mass is 247 g/mol. The van der Waals surface area contributed by atoms with E-state index in [9.17, 15) is 9.90 Å². The predicted octanol–water partition coefficient (Wildman–Crippen LogP) is 2.55. The van der Waals surface area contributed by atoms with Crippen LogP contribution in [0.2, 0.25) is 0 Å². The van der Waals surface area contributed by atoms with Crippen LogP contribution in [0.4, 0.5) is 5.69 Å². The highest BCUT2D eigenvalue weighted by molar-refractivity contribution is 5.77. The van der Waals surface area contributed by atoms with Gasteiger partial charge in [0, 0.05) is 23.8 Å². The first kappa shape index (κ1) is 13.1. The minimum Gasteiger partial charge on any atom is -0.395 e. The number of aldehydes is 1. The van der Waals surface area contributed by atoms with Crippen molar-refractivity contribution in [2.45, 2.75) is 38.6 Å². The van der Waals surface area contributed by atoms with Crippen molar-refractivity contribution in [1.29, 1.82) is 0 Å². The lowest BCUT2D eigenvalue weighted by atomic mass is 10.1. The minimum absolute atomic E-state index is 0.172. The third kappa shape index (κ3) is 2.72.